The first-order valence-electron chi connectivity index (χ1n) is 9.57. The molecule has 160 valence electrons. The van der Waals surface area contributed by atoms with E-state index >= 15 is 0 Å². The van der Waals surface area contributed by atoms with Gasteiger partial charge in [-0.3, -0.25) is 19.7 Å². The highest BCUT2D eigenvalue weighted by atomic mass is 35.5. The average Bonchev–Trinajstić information content (AvgIpc) is 2.65. The molecule has 0 aliphatic heterocycles. The molecule has 7 nitrogen and oxygen atoms in total. The number of nitro benzene ring substituents is 1. The van der Waals surface area contributed by atoms with Crippen LogP contribution in [0.5, 0.6) is 0 Å². The lowest BCUT2D eigenvalue weighted by molar-refractivity contribution is -0.385. The largest absolute Gasteiger partial charge is 0.350 e. The highest BCUT2D eigenvalue weighted by Gasteiger charge is 2.30. The summed E-state index contributed by atoms with van der Waals surface area (Å²) in [4.78, 5) is 38.1. The van der Waals surface area contributed by atoms with E-state index in [1.165, 1.54) is 11.0 Å². The average molecular weight is 432 g/mol. The summed E-state index contributed by atoms with van der Waals surface area (Å²) in [6.07, 6.45) is -0.200. The molecule has 1 atom stereocenters. The van der Waals surface area contributed by atoms with Crippen LogP contribution in [0.3, 0.4) is 0 Å². The summed E-state index contributed by atoms with van der Waals surface area (Å²) in [5, 5.41) is 14.7. The molecular weight excluding hydrogens is 406 g/mol. The number of benzene rings is 2. The Morgan fingerprint density at radius 3 is 2.23 bits per heavy atom. The Morgan fingerprint density at radius 2 is 1.67 bits per heavy atom. The van der Waals surface area contributed by atoms with Gasteiger partial charge in [-0.25, -0.2) is 0 Å². The van der Waals surface area contributed by atoms with Gasteiger partial charge in [-0.15, -0.1) is 0 Å². The number of para-hydroxylation sites is 1. The van der Waals surface area contributed by atoms with Gasteiger partial charge in [-0.2, -0.15) is 0 Å². The molecular formula is C22H26ClN3O4. The number of nitrogens with zero attached hydrogens (tertiary/aromatic N) is 2. The van der Waals surface area contributed by atoms with Crippen molar-refractivity contribution in [2.45, 2.75) is 52.2 Å². The summed E-state index contributed by atoms with van der Waals surface area (Å²) in [5.41, 5.74) is 0.378. The maximum atomic E-state index is 13.2. The number of hydrogen-bond donors (Lipinski definition) is 1. The van der Waals surface area contributed by atoms with Gasteiger partial charge in [0.25, 0.3) is 5.69 Å². The maximum Gasteiger partial charge on any atom is 0.273 e. The van der Waals surface area contributed by atoms with Gasteiger partial charge < -0.3 is 10.2 Å². The minimum Gasteiger partial charge on any atom is -0.350 e. The third-order valence-corrected chi connectivity index (χ3v) is 4.86. The quantitative estimate of drug-likeness (QED) is 0.527. The summed E-state index contributed by atoms with van der Waals surface area (Å²) in [6, 6.07) is 12.4. The van der Waals surface area contributed by atoms with E-state index in [4.69, 9.17) is 11.6 Å². The molecule has 0 bridgehead atoms. The number of rotatable bonds is 7. The molecule has 0 unspecified atom stereocenters. The van der Waals surface area contributed by atoms with E-state index < -0.39 is 22.4 Å². The van der Waals surface area contributed by atoms with Crippen LogP contribution in [0.1, 0.15) is 38.8 Å². The van der Waals surface area contributed by atoms with Crippen LogP contribution in [0, 0.1) is 10.1 Å². The summed E-state index contributed by atoms with van der Waals surface area (Å²) in [6.45, 7) is 7.30. The Balaban J connectivity index is 2.35. The highest BCUT2D eigenvalue weighted by molar-refractivity contribution is 6.31. The molecule has 2 aromatic rings. The second kappa shape index (κ2) is 9.71. The fraction of sp³-hybridized carbons (Fsp3) is 0.364. The van der Waals surface area contributed by atoms with Crippen molar-refractivity contribution in [2.24, 2.45) is 0 Å². The van der Waals surface area contributed by atoms with Crippen molar-refractivity contribution in [3.8, 4) is 0 Å². The molecule has 0 aliphatic carbocycles. The van der Waals surface area contributed by atoms with Gasteiger partial charge in [-0.05, 0) is 39.3 Å². The summed E-state index contributed by atoms with van der Waals surface area (Å²) in [5.74, 6) is -0.716. The Kier molecular flexibility index (Phi) is 7.56. The van der Waals surface area contributed by atoms with Crippen molar-refractivity contribution in [2.75, 3.05) is 0 Å². The lowest BCUT2D eigenvalue weighted by atomic mass is 10.1. The molecule has 0 aromatic heterocycles. The first kappa shape index (κ1) is 23.3. The molecule has 2 rings (SSSR count). The monoisotopic (exact) mass is 431 g/mol. The summed E-state index contributed by atoms with van der Waals surface area (Å²) in [7, 11) is 0. The van der Waals surface area contributed by atoms with Crippen LogP contribution in [0.25, 0.3) is 0 Å². The van der Waals surface area contributed by atoms with Crippen molar-refractivity contribution >= 4 is 29.1 Å². The van der Waals surface area contributed by atoms with Crippen LogP contribution in [0.4, 0.5) is 5.69 Å². The molecule has 0 spiro atoms. The Hall–Kier alpha value is -2.93. The fourth-order valence-corrected chi connectivity index (χ4v) is 3.17. The molecule has 0 fully saturated rings. The smallest absolute Gasteiger partial charge is 0.273 e. The standard InChI is InChI=1S/C22H26ClN3O4/c1-15(21(28)24-22(2,3)4)25(14-17-10-5-7-11-18(17)23)20(27)13-16-9-6-8-12-19(16)26(29)30/h5-12,15H,13-14H2,1-4H3,(H,24,28)/t15-/m1/s1. The SMILES string of the molecule is C[C@H](C(=O)NC(C)(C)C)N(Cc1ccccc1Cl)C(=O)Cc1ccccc1[N+](=O)[O-]. The fourth-order valence-electron chi connectivity index (χ4n) is 2.97. The molecule has 0 saturated carbocycles. The van der Waals surface area contributed by atoms with Gasteiger partial charge in [0.1, 0.15) is 6.04 Å². The summed E-state index contributed by atoms with van der Waals surface area (Å²) < 4.78 is 0. The normalized spacial score (nSPS) is 12.2. The van der Waals surface area contributed by atoms with Crippen molar-refractivity contribution in [3.05, 3.63) is 74.8 Å². The molecule has 8 heteroatoms. The summed E-state index contributed by atoms with van der Waals surface area (Å²) >= 11 is 6.26. The van der Waals surface area contributed by atoms with Crippen LogP contribution >= 0.6 is 11.6 Å². The van der Waals surface area contributed by atoms with Crippen molar-refractivity contribution in [1.82, 2.24) is 10.2 Å². The van der Waals surface area contributed by atoms with Crippen LogP contribution in [-0.4, -0.2) is 33.2 Å². The van der Waals surface area contributed by atoms with Crippen LogP contribution < -0.4 is 5.32 Å². The number of amides is 2. The Morgan fingerprint density at radius 1 is 1.10 bits per heavy atom. The number of hydrogen-bond acceptors (Lipinski definition) is 4. The molecule has 2 amide bonds. The van der Waals surface area contributed by atoms with E-state index in [1.807, 2.05) is 20.8 Å². The second-order valence-electron chi connectivity index (χ2n) is 8.09. The van der Waals surface area contributed by atoms with E-state index in [-0.39, 0.29) is 24.6 Å². The zero-order valence-corrected chi connectivity index (χ0v) is 18.3. The number of carbonyl (C=O) groups excluding carboxylic acids is 2. The van der Waals surface area contributed by atoms with Gasteiger partial charge in [0.2, 0.25) is 11.8 Å². The minimum absolute atomic E-state index is 0.109. The van der Waals surface area contributed by atoms with Crippen LogP contribution in [0.2, 0.25) is 5.02 Å². The number of halogens is 1. The van der Waals surface area contributed by atoms with Crippen LogP contribution in [-0.2, 0) is 22.6 Å². The number of nitrogens with one attached hydrogen (secondary N) is 1. The van der Waals surface area contributed by atoms with Gasteiger partial charge >= 0.3 is 0 Å². The lowest BCUT2D eigenvalue weighted by Crippen LogP contribution is -2.52. The molecule has 0 radical (unpaired) electrons. The predicted octanol–water partition coefficient (Wildman–Crippen LogP) is 4.12. The Labute approximate surface area is 181 Å². The zero-order valence-electron chi connectivity index (χ0n) is 17.5. The zero-order chi connectivity index (χ0) is 22.5. The third kappa shape index (κ3) is 6.29. The maximum absolute atomic E-state index is 13.2. The number of carbonyl (C=O) groups is 2. The molecule has 0 saturated heterocycles. The molecule has 0 heterocycles. The van der Waals surface area contributed by atoms with Crippen LogP contribution in [0.15, 0.2) is 48.5 Å². The van der Waals surface area contributed by atoms with Crippen molar-refractivity contribution in [3.63, 3.8) is 0 Å². The van der Waals surface area contributed by atoms with Gasteiger partial charge in [0, 0.05) is 28.7 Å². The van der Waals surface area contributed by atoms with E-state index in [1.54, 1.807) is 49.4 Å². The van der Waals surface area contributed by atoms with Gasteiger partial charge in [-0.1, -0.05) is 48.0 Å². The molecule has 1 N–H and O–H groups in total. The first-order chi connectivity index (χ1) is 14.0. The van der Waals surface area contributed by atoms with Gasteiger partial charge in [0.15, 0.2) is 0 Å². The van der Waals surface area contributed by atoms with E-state index in [2.05, 4.69) is 5.32 Å². The predicted molar refractivity (Wildman–Crippen MR) is 116 cm³/mol. The molecule has 0 aliphatic rings. The Bertz CT molecular complexity index is 940. The van der Waals surface area contributed by atoms with Crippen molar-refractivity contribution in [1.29, 1.82) is 0 Å². The van der Waals surface area contributed by atoms with E-state index in [0.29, 0.717) is 16.1 Å². The topological polar surface area (TPSA) is 92.6 Å². The van der Waals surface area contributed by atoms with E-state index in [9.17, 15) is 19.7 Å². The van der Waals surface area contributed by atoms with Crippen molar-refractivity contribution < 1.29 is 14.5 Å². The number of nitro groups is 1. The molecule has 2 aromatic carbocycles. The highest BCUT2D eigenvalue weighted by Crippen LogP contribution is 2.22. The second-order valence-corrected chi connectivity index (χ2v) is 8.50. The third-order valence-electron chi connectivity index (χ3n) is 4.49. The van der Waals surface area contributed by atoms with E-state index in [0.717, 1.165) is 0 Å². The minimum atomic E-state index is -0.796. The first-order valence-corrected chi connectivity index (χ1v) is 9.94. The lowest BCUT2D eigenvalue weighted by Gasteiger charge is -2.31. The molecule has 30 heavy (non-hydrogen) atoms. The van der Waals surface area contributed by atoms with Gasteiger partial charge in [0.05, 0.1) is 11.3 Å².